The van der Waals surface area contributed by atoms with Crippen molar-refractivity contribution in [1.29, 1.82) is 0 Å². The predicted molar refractivity (Wildman–Crippen MR) is 70.2 cm³/mol. The van der Waals surface area contributed by atoms with E-state index in [1.807, 2.05) is 6.07 Å². The predicted octanol–water partition coefficient (Wildman–Crippen LogP) is 1.97. The lowest BCUT2D eigenvalue weighted by Gasteiger charge is -2.23. The number of carboxylic acids is 1. The van der Waals surface area contributed by atoms with Gasteiger partial charge in [0.1, 0.15) is 0 Å². The summed E-state index contributed by atoms with van der Waals surface area (Å²) in [5.41, 5.74) is 0.989. The third-order valence-electron chi connectivity index (χ3n) is 2.56. The summed E-state index contributed by atoms with van der Waals surface area (Å²) >= 11 is 3.29. The maximum absolute atomic E-state index is 10.9. The maximum atomic E-state index is 10.9. The quantitative estimate of drug-likeness (QED) is 0.889. The van der Waals surface area contributed by atoms with Crippen molar-refractivity contribution < 1.29 is 19.4 Å². The Labute approximate surface area is 113 Å². The molecule has 2 N–H and O–H groups in total. The van der Waals surface area contributed by atoms with Gasteiger partial charge >= 0.3 is 5.97 Å². The minimum Gasteiger partial charge on any atom is -0.478 e. The Hall–Kier alpha value is -1.11. The molecule has 1 aromatic rings. The van der Waals surface area contributed by atoms with Crippen LogP contribution in [0.3, 0.4) is 0 Å². The van der Waals surface area contributed by atoms with E-state index in [-0.39, 0.29) is 11.7 Å². The van der Waals surface area contributed by atoms with Crippen molar-refractivity contribution >= 4 is 27.6 Å². The Balaban J connectivity index is 1.97. The van der Waals surface area contributed by atoms with Gasteiger partial charge in [-0.25, -0.2) is 4.79 Å². The van der Waals surface area contributed by atoms with Gasteiger partial charge in [0.05, 0.1) is 31.5 Å². The standard InChI is InChI=1S/C12H14BrNO4/c13-9-3-8(12(15)16)4-10(5-9)14-6-11-7-17-1-2-18-11/h3-5,11,14H,1-2,6-7H2,(H,15,16). The summed E-state index contributed by atoms with van der Waals surface area (Å²) in [5.74, 6) is -0.948. The van der Waals surface area contributed by atoms with Crippen LogP contribution in [0.2, 0.25) is 0 Å². The SMILES string of the molecule is O=C(O)c1cc(Br)cc(NCC2COCCO2)c1. The minimum absolute atomic E-state index is 0.00556. The first-order valence-electron chi connectivity index (χ1n) is 5.62. The summed E-state index contributed by atoms with van der Waals surface area (Å²) in [5, 5.41) is 12.1. The zero-order valence-corrected chi connectivity index (χ0v) is 11.3. The van der Waals surface area contributed by atoms with Crippen LogP contribution < -0.4 is 5.32 Å². The van der Waals surface area contributed by atoms with E-state index in [9.17, 15) is 4.79 Å². The van der Waals surface area contributed by atoms with Crippen molar-refractivity contribution in [2.75, 3.05) is 31.7 Å². The summed E-state index contributed by atoms with van der Waals surface area (Å²) < 4.78 is 11.5. The molecule has 1 saturated heterocycles. The van der Waals surface area contributed by atoms with Gasteiger partial charge in [-0.2, -0.15) is 0 Å². The molecule has 2 rings (SSSR count). The molecule has 0 saturated carbocycles. The van der Waals surface area contributed by atoms with Gasteiger partial charge < -0.3 is 19.9 Å². The second-order valence-corrected chi connectivity index (χ2v) is 4.90. The highest BCUT2D eigenvalue weighted by molar-refractivity contribution is 9.10. The molecule has 5 nitrogen and oxygen atoms in total. The van der Waals surface area contributed by atoms with Crippen LogP contribution in [0.5, 0.6) is 0 Å². The lowest BCUT2D eigenvalue weighted by molar-refractivity contribution is -0.0818. The van der Waals surface area contributed by atoms with E-state index in [0.29, 0.717) is 26.4 Å². The first kappa shape index (κ1) is 13.3. The van der Waals surface area contributed by atoms with Crippen LogP contribution in [0.15, 0.2) is 22.7 Å². The zero-order valence-electron chi connectivity index (χ0n) is 9.69. The zero-order chi connectivity index (χ0) is 13.0. The second kappa shape index (κ2) is 6.17. The Morgan fingerprint density at radius 1 is 1.44 bits per heavy atom. The molecule has 0 spiro atoms. The van der Waals surface area contributed by atoms with E-state index >= 15 is 0 Å². The van der Waals surface area contributed by atoms with Crippen molar-refractivity contribution in [3.8, 4) is 0 Å². The van der Waals surface area contributed by atoms with Crippen molar-refractivity contribution in [1.82, 2.24) is 0 Å². The fourth-order valence-corrected chi connectivity index (χ4v) is 2.19. The number of aromatic carboxylic acids is 1. The molecule has 1 aliphatic heterocycles. The van der Waals surface area contributed by atoms with Crippen LogP contribution in [0.25, 0.3) is 0 Å². The van der Waals surface area contributed by atoms with Crippen molar-refractivity contribution in [3.63, 3.8) is 0 Å². The van der Waals surface area contributed by atoms with Crippen molar-refractivity contribution in [2.45, 2.75) is 6.10 Å². The van der Waals surface area contributed by atoms with E-state index in [4.69, 9.17) is 14.6 Å². The largest absolute Gasteiger partial charge is 0.478 e. The number of carbonyl (C=O) groups is 1. The lowest BCUT2D eigenvalue weighted by Crippen LogP contribution is -2.34. The highest BCUT2D eigenvalue weighted by Crippen LogP contribution is 2.20. The molecule has 0 aliphatic carbocycles. The van der Waals surface area contributed by atoms with Crippen LogP contribution in [0.4, 0.5) is 5.69 Å². The molecule has 1 unspecified atom stereocenters. The van der Waals surface area contributed by atoms with E-state index in [1.54, 1.807) is 12.1 Å². The molecule has 0 amide bonds. The van der Waals surface area contributed by atoms with Crippen molar-refractivity contribution in [2.24, 2.45) is 0 Å². The summed E-state index contributed by atoms with van der Waals surface area (Å²) in [4.78, 5) is 10.9. The number of halogens is 1. The minimum atomic E-state index is -0.948. The summed E-state index contributed by atoms with van der Waals surface area (Å²) in [7, 11) is 0. The first-order valence-corrected chi connectivity index (χ1v) is 6.41. The van der Waals surface area contributed by atoms with E-state index in [0.717, 1.165) is 10.2 Å². The molecule has 1 heterocycles. The summed E-state index contributed by atoms with van der Waals surface area (Å²) in [6.45, 7) is 2.39. The van der Waals surface area contributed by atoms with E-state index in [2.05, 4.69) is 21.2 Å². The third-order valence-corrected chi connectivity index (χ3v) is 3.02. The number of rotatable bonds is 4. The highest BCUT2D eigenvalue weighted by atomic mass is 79.9. The number of ether oxygens (including phenoxy) is 2. The van der Waals surface area contributed by atoms with Crippen LogP contribution in [0.1, 0.15) is 10.4 Å². The number of hydrogen-bond donors (Lipinski definition) is 2. The molecule has 6 heteroatoms. The molecule has 1 atom stereocenters. The number of benzene rings is 1. The third kappa shape index (κ3) is 3.69. The summed E-state index contributed by atoms with van der Waals surface area (Å²) in [6.07, 6.45) is 0.00556. The Kier molecular flexibility index (Phi) is 4.57. The van der Waals surface area contributed by atoms with Gasteiger partial charge in [-0.15, -0.1) is 0 Å². The van der Waals surface area contributed by atoms with Gasteiger partial charge in [0.15, 0.2) is 0 Å². The molecule has 0 radical (unpaired) electrons. The molecule has 1 aromatic carbocycles. The number of nitrogens with one attached hydrogen (secondary N) is 1. The normalized spacial score (nSPS) is 19.5. The number of hydrogen-bond acceptors (Lipinski definition) is 4. The second-order valence-electron chi connectivity index (χ2n) is 3.98. The maximum Gasteiger partial charge on any atom is 0.335 e. The van der Waals surface area contributed by atoms with Crippen molar-refractivity contribution in [3.05, 3.63) is 28.2 Å². The van der Waals surface area contributed by atoms with Gasteiger partial charge in [0, 0.05) is 16.7 Å². The Morgan fingerprint density at radius 2 is 2.28 bits per heavy atom. The lowest BCUT2D eigenvalue weighted by atomic mass is 10.2. The van der Waals surface area contributed by atoms with E-state index < -0.39 is 5.97 Å². The first-order chi connectivity index (χ1) is 8.65. The Bertz CT molecular complexity index is 432. The van der Waals surface area contributed by atoms with E-state index in [1.165, 1.54) is 0 Å². The molecule has 18 heavy (non-hydrogen) atoms. The average molecular weight is 316 g/mol. The van der Waals surface area contributed by atoms with Crippen LogP contribution in [-0.2, 0) is 9.47 Å². The average Bonchev–Trinajstić information content (AvgIpc) is 2.37. The molecule has 0 aromatic heterocycles. The van der Waals surface area contributed by atoms with Crippen LogP contribution >= 0.6 is 15.9 Å². The van der Waals surface area contributed by atoms with Gasteiger partial charge in [-0.3, -0.25) is 0 Å². The van der Waals surface area contributed by atoms with Gasteiger partial charge in [0.2, 0.25) is 0 Å². The fraction of sp³-hybridized carbons (Fsp3) is 0.417. The number of anilines is 1. The molecule has 1 aliphatic rings. The molecule has 1 fully saturated rings. The summed E-state index contributed by atoms with van der Waals surface area (Å²) in [6, 6.07) is 4.99. The monoisotopic (exact) mass is 315 g/mol. The molecule has 0 bridgehead atoms. The highest BCUT2D eigenvalue weighted by Gasteiger charge is 2.14. The topological polar surface area (TPSA) is 67.8 Å². The molecule has 98 valence electrons. The fourth-order valence-electron chi connectivity index (χ4n) is 1.70. The van der Waals surface area contributed by atoms with Crippen LogP contribution in [-0.4, -0.2) is 43.5 Å². The Morgan fingerprint density at radius 3 is 2.94 bits per heavy atom. The van der Waals surface area contributed by atoms with Gasteiger partial charge in [-0.05, 0) is 18.2 Å². The van der Waals surface area contributed by atoms with Gasteiger partial charge in [0.25, 0.3) is 0 Å². The van der Waals surface area contributed by atoms with Crippen LogP contribution in [0, 0.1) is 0 Å². The smallest absolute Gasteiger partial charge is 0.335 e. The van der Waals surface area contributed by atoms with Gasteiger partial charge in [-0.1, -0.05) is 15.9 Å². The molecular formula is C12H14BrNO4. The number of carboxylic acid groups (broad SMARTS) is 1. The molecular weight excluding hydrogens is 302 g/mol.